The van der Waals surface area contributed by atoms with Gasteiger partial charge in [-0.2, -0.15) is 0 Å². The number of rotatable bonds is 0. The third-order valence-electron chi connectivity index (χ3n) is 3.65. The third-order valence-corrected chi connectivity index (χ3v) is 3.65. The zero-order valence-corrected chi connectivity index (χ0v) is 8.84. The molecule has 2 heteroatoms. The third kappa shape index (κ3) is 1.59. The molecule has 1 saturated carbocycles. The van der Waals surface area contributed by atoms with Gasteiger partial charge in [0, 0.05) is 13.3 Å². The summed E-state index contributed by atoms with van der Waals surface area (Å²) in [5.74, 6) is 2.55. The molecule has 0 aromatic carbocycles. The van der Waals surface area contributed by atoms with E-state index in [2.05, 4.69) is 13.8 Å². The van der Waals surface area contributed by atoms with E-state index in [0.717, 1.165) is 30.8 Å². The van der Waals surface area contributed by atoms with Gasteiger partial charge in [-0.15, -0.1) is 0 Å². The molecule has 0 aromatic heterocycles. The molecule has 2 aliphatic rings. The Labute approximate surface area is 80.4 Å². The topological polar surface area (TPSA) is 21.6 Å². The highest BCUT2D eigenvalue weighted by Gasteiger charge is 2.42. The zero-order valence-electron chi connectivity index (χ0n) is 8.84. The van der Waals surface area contributed by atoms with Crippen molar-refractivity contribution in [1.29, 1.82) is 0 Å². The second-order valence-corrected chi connectivity index (χ2v) is 4.82. The Bertz CT molecular complexity index is 224. The van der Waals surface area contributed by atoms with Gasteiger partial charge >= 0.3 is 0 Å². The summed E-state index contributed by atoms with van der Waals surface area (Å²) in [5, 5.41) is 0. The van der Waals surface area contributed by atoms with Crippen molar-refractivity contribution in [2.45, 2.75) is 45.6 Å². The number of aliphatic imine (C=N–C) groups is 1. The fraction of sp³-hybridized carbons (Fsp3) is 0.909. The van der Waals surface area contributed by atoms with Gasteiger partial charge in [-0.05, 0) is 24.7 Å². The molecule has 1 aliphatic carbocycles. The summed E-state index contributed by atoms with van der Waals surface area (Å²) in [6.45, 7) is 7.54. The van der Waals surface area contributed by atoms with Crippen LogP contribution in [0.15, 0.2) is 4.99 Å². The van der Waals surface area contributed by atoms with Crippen LogP contribution in [0, 0.1) is 11.8 Å². The van der Waals surface area contributed by atoms with Crippen molar-refractivity contribution in [2.24, 2.45) is 16.8 Å². The van der Waals surface area contributed by atoms with Crippen LogP contribution in [0.5, 0.6) is 0 Å². The van der Waals surface area contributed by atoms with E-state index < -0.39 is 0 Å². The van der Waals surface area contributed by atoms with E-state index in [1.54, 1.807) is 0 Å². The second-order valence-electron chi connectivity index (χ2n) is 4.82. The lowest BCUT2D eigenvalue weighted by Gasteiger charge is -2.29. The Morgan fingerprint density at radius 1 is 1.31 bits per heavy atom. The van der Waals surface area contributed by atoms with Gasteiger partial charge in [-0.3, -0.25) is 0 Å². The number of hydrogen-bond donors (Lipinski definition) is 0. The van der Waals surface area contributed by atoms with Gasteiger partial charge in [-0.25, -0.2) is 4.99 Å². The fourth-order valence-electron chi connectivity index (χ4n) is 2.79. The number of hydrogen-bond acceptors (Lipinski definition) is 2. The highest BCUT2D eigenvalue weighted by molar-refractivity contribution is 5.74. The summed E-state index contributed by atoms with van der Waals surface area (Å²) in [4.78, 5) is 4.71. The monoisotopic (exact) mass is 181 g/mol. The first-order valence-electron chi connectivity index (χ1n) is 5.31. The molecule has 2 unspecified atom stereocenters. The van der Waals surface area contributed by atoms with Crippen LogP contribution in [0.1, 0.15) is 40.0 Å². The molecular weight excluding hydrogens is 162 g/mol. The van der Waals surface area contributed by atoms with Crippen molar-refractivity contribution in [1.82, 2.24) is 0 Å². The molecule has 0 saturated heterocycles. The molecule has 0 bridgehead atoms. The summed E-state index contributed by atoms with van der Waals surface area (Å²) < 4.78 is 5.38. The minimum atomic E-state index is 0.251. The van der Waals surface area contributed by atoms with Crippen molar-refractivity contribution in [3.63, 3.8) is 0 Å². The maximum atomic E-state index is 5.38. The molecule has 0 N–H and O–H groups in total. The van der Waals surface area contributed by atoms with Crippen molar-refractivity contribution >= 4 is 5.90 Å². The van der Waals surface area contributed by atoms with E-state index in [0.29, 0.717) is 0 Å². The number of ether oxygens (including phenoxy) is 1. The van der Waals surface area contributed by atoms with Crippen LogP contribution in [0.4, 0.5) is 0 Å². The molecule has 2 rings (SSSR count). The van der Waals surface area contributed by atoms with Crippen molar-refractivity contribution in [2.75, 3.05) is 6.61 Å². The minimum absolute atomic E-state index is 0.251. The highest BCUT2D eigenvalue weighted by Crippen LogP contribution is 2.44. The summed E-state index contributed by atoms with van der Waals surface area (Å²) in [6, 6.07) is 0. The van der Waals surface area contributed by atoms with E-state index in [4.69, 9.17) is 9.73 Å². The molecular formula is C11H19NO. The predicted octanol–water partition coefficient (Wildman–Crippen LogP) is 2.63. The van der Waals surface area contributed by atoms with Crippen LogP contribution >= 0.6 is 0 Å². The van der Waals surface area contributed by atoms with Crippen LogP contribution in [0.2, 0.25) is 0 Å². The van der Waals surface area contributed by atoms with Crippen LogP contribution in [0.25, 0.3) is 0 Å². The molecule has 13 heavy (non-hydrogen) atoms. The average Bonchev–Trinajstić information content (AvgIpc) is 2.26. The van der Waals surface area contributed by atoms with Crippen LogP contribution in [-0.4, -0.2) is 18.0 Å². The summed E-state index contributed by atoms with van der Waals surface area (Å²) in [7, 11) is 0. The van der Waals surface area contributed by atoms with Gasteiger partial charge in [0.2, 0.25) is 0 Å². The summed E-state index contributed by atoms with van der Waals surface area (Å²) >= 11 is 0. The second kappa shape index (κ2) is 3.00. The summed E-state index contributed by atoms with van der Waals surface area (Å²) in [6.07, 6.45) is 3.64. The number of nitrogens with zero attached hydrogens (tertiary/aromatic N) is 1. The van der Waals surface area contributed by atoms with Crippen LogP contribution in [-0.2, 0) is 4.74 Å². The molecule has 2 atom stereocenters. The zero-order chi connectivity index (χ0) is 9.47. The Kier molecular flexibility index (Phi) is 2.09. The first-order chi connectivity index (χ1) is 6.11. The maximum Gasteiger partial charge on any atom is 0.180 e. The van der Waals surface area contributed by atoms with Gasteiger partial charge < -0.3 is 4.74 Å². The molecule has 0 radical (unpaired) electrons. The van der Waals surface area contributed by atoms with Crippen LogP contribution < -0.4 is 0 Å². The van der Waals surface area contributed by atoms with E-state index in [9.17, 15) is 0 Å². The van der Waals surface area contributed by atoms with E-state index in [1.165, 1.54) is 12.8 Å². The van der Waals surface area contributed by atoms with Gasteiger partial charge in [0.15, 0.2) is 5.90 Å². The SMILES string of the molecule is CC1=NC2(CCO1)CC(C)C(C)C2. The first kappa shape index (κ1) is 9.04. The smallest absolute Gasteiger partial charge is 0.180 e. The summed E-state index contributed by atoms with van der Waals surface area (Å²) in [5.41, 5.74) is 0.251. The van der Waals surface area contributed by atoms with Gasteiger partial charge in [0.1, 0.15) is 0 Å². The molecule has 0 aromatic rings. The van der Waals surface area contributed by atoms with Crippen molar-refractivity contribution < 1.29 is 4.74 Å². The highest BCUT2D eigenvalue weighted by atomic mass is 16.5. The van der Waals surface area contributed by atoms with Gasteiger partial charge in [-0.1, -0.05) is 13.8 Å². The average molecular weight is 181 g/mol. The lowest BCUT2D eigenvalue weighted by molar-refractivity contribution is 0.208. The first-order valence-corrected chi connectivity index (χ1v) is 5.31. The molecule has 2 nitrogen and oxygen atoms in total. The Balaban J connectivity index is 2.18. The molecule has 1 heterocycles. The Morgan fingerprint density at radius 3 is 2.46 bits per heavy atom. The van der Waals surface area contributed by atoms with E-state index >= 15 is 0 Å². The molecule has 1 spiro atoms. The van der Waals surface area contributed by atoms with E-state index in [-0.39, 0.29) is 5.54 Å². The fourth-order valence-corrected chi connectivity index (χ4v) is 2.79. The predicted molar refractivity (Wildman–Crippen MR) is 54.0 cm³/mol. The normalized spacial score (nSPS) is 44.7. The van der Waals surface area contributed by atoms with Gasteiger partial charge in [0.25, 0.3) is 0 Å². The molecule has 0 amide bonds. The standard InChI is InChI=1S/C11H19NO/c1-8-6-11(7-9(8)2)4-5-13-10(3)12-11/h8-9H,4-7H2,1-3H3. The minimum Gasteiger partial charge on any atom is -0.481 e. The van der Waals surface area contributed by atoms with E-state index in [1.807, 2.05) is 6.92 Å². The lowest BCUT2D eigenvalue weighted by Crippen LogP contribution is -2.31. The van der Waals surface area contributed by atoms with Crippen molar-refractivity contribution in [3.8, 4) is 0 Å². The van der Waals surface area contributed by atoms with Crippen molar-refractivity contribution in [3.05, 3.63) is 0 Å². The van der Waals surface area contributed by atoms with Gasteiger partial charge in [0.05, 0.1) is 12.1 Å². The molecule has 1 fully saturated rings. The Hall–Kier alpha value is -0.530. The molecule has 74 valence electrons. The van der Waals surface area contributed by atoms with Crippen LogP contribution in [0.3, 0.4) is 0 Å². The quantitative estimate of drug-likeness (QED) is 0.563. The largest absolute Gasteiger partial charge is 0.481 e. The lowest BCUT2D eigenvalue weighted by atomic mass is 9.92. The molecule has 1 aliphatic heterocycles. The maximum absolute atomic E-state index is 5.38. The Morgan fingerprint density at radius 2 is 1.92 bits per heavy atom.